The minimum Gasteiger partial charge on any atom is -0.396 e. The monoisotopic (exact) mass is 215 g/mol. The van der Waals surface area contributed by atoms with Gasteiger partial charge < -0.3 is 15.6 Å². The van der Waals surface area contributed by atoms with Crippen molar-refractivity contribution in [3.63, 3.8) is 0 Å². The highest BCUT2D eigenvalue weighted by atomic mass is 16.5. The van der Waals surface area contributed by atoms with Gasteiger partial charge >= 0.3 is 0 Å². The molecule has 1 aliphatic carbocycles. The average molecular weight is 215 g/mol. The lowest BCUT2D eigenvalue weighted by atomic mass is 9.77. The summed E-state index contributed by atoms with van der Waals surface area (Å²) in [5, 5.41) is 8.72. The van der Waals surface area contributed by atoms with E-state index in [0.29, 0.717) is 13.2 Å². The Bertz CT molecular complexity index is 159. The number of aliphatic hydroxyl groups excluding tert-OH is 1. The molecule has 0 bridgehead atoms. The van der Waals surface area contributed by atoms with Crippen LogP contribution in [0.4, 0.5) is 0 Å². The van der Waals surface area contributed by atoms with Crippen LogP contribution in [0.1, 0.15) is 45.4 Å². The molecule has 90 valence electrons. The second-order valence-electron chi connectivity index (χ2n) is 4.66. The lowest BCUT2D eigenvalue weighted by Gasteiger charge is -2.39. The zero-order valence-corrected chi connectivity index (χ0v) is 9.87. The molecule has 0 saturated heterocycles. The molecule has 1 rings (SSSR count). The van der Waals surface area contributed by atoms with Crippen molar-refractivity contribution < 1.29 is 9.84 Å². The summed E-state index contributed by atoms with van der Waals surface area (Å²) < 4.78 is 5.87. The molecule has 0 atom stereocenters. The number of nitrogens with two attached hydrogens (primary N) is 1. The molecule has 3 heteroatoms. The third-order valence-electron chi connectivity index (χ3n) is 3.68. The topological polar surface area (TPSA) is 55.5 Å². The number of hydrogen-bond donors (Lipinski definition) is 2. The Balaban J connectivity index is 2.34. The molecule has 0 heterocycles. The van der Waals surface area contributed by atoms with Gasteiger partial charge in [0.15, 0.2) is 0 Å². The maximum atomic E-state index is 8.72. The molecule has 0 aliphatic heterocycles. The third-order valence-corrected chi connectivity index (χ3v) is 3.68. The van der Waals surface area contributed by atoms with Crippen LogP contribution < -0.4 is 5.73 Å². The van der Waals surface area contributed by atoms with E-state index in [0.717, 1.165) is 25.2 Å². The van der Waals surface area contributed by atoms with Gasteiger partial charge in [0.05, 0.1) is 5.60 Å². The highest BCUT2D eigenvalue weighted by molar-refractivity contribution is 4.88. The molecule has 0 aromatic heterocycles. The van der Waals surface area contributed by atoms with Crippen LogP contribution in [-0.4, -0.2) is 30.5 Å². The first kappa shape index (κ1) is 12.9. The molecule has 0 aromatic carbocycles. The van der Waals surface area contributed by atoms with Gasteiger partial charge in [0.2, 0.25) is 0 Å². The quantitative estimate of drug-likeness (QED) is 0.663. The molecule has 0 unspecified atom stereocenters. The van der Waals surface area contributed by atoms with E-state index in [9.17, 15) is 0 Å². The largest absolute Gasteiger partial charge is 0.396 e. The summed E-state index contributed by atoms with van der Waals surface area (Å²) in [5.74, 6) is 0.867. The lowest BCUT2D eigenvalue weighted by molar-refractivity contribution is -0.0746. The number of aliphatic hydroxyl groups is 1. The highest BCUT2D eigenvalue weighted by Crippen LogP contribution is 2.35. The predicted molar refractivity (Wildman–Crippen MR) is 61.7 cm³/mol. The Hall–Kier alpha value is -0.120. The van der Waals surface area contributed by atoms with Gasteiger partial charge in [-0.1, -0.05) is 13.3 Å². The van der Waals surface area contributed by atoms with Gasteiger partial charge in [0.1, 0.15) is 0 Å². The van der Waals surface area contributed by atoms with Crippen molar-refractivity contribution in [1.29, 1.82) is 0 Å². The van der Waals surface area contributed by atoms with Crippen LogP contribution in [0.5, 0.6) is 0 Å². The van der Waals surface area contributed by atoms with Crippen molar-refractivity contribution in [2.24, 2.45) is 11.7 Å². The smallest absolute Gasteiger partial charge is 0.0804 e. The van der Waals surface area contributed by atoms with Crippen LogP contribution in [-0.2, 0) is 4.74 Å². The Morgan fingerprint density at radius 2 is 2.07 bits per heavy atom. The molecule has 3 N–H and O–H groups in total. The fourth-order valence-corrected chi connectivity index (χ4v) is 2.37. The van der Waals surface area contributed by atoms with E-state index in [-0.39, 0.29) is 12.2 Å². The van der Waals surface area contributed by atoms with Gasteiger partial charge in [-0.05, 0) is 38.0 Å². The van der Waals surface area contributed by atoms with Gasteiger partial charge in [0, 0.05) is 19.8 Å². The van der Waals surface area contributed by atoms with Crippen molar-refractivity contribution >= 4 is 0 Å². The maximum absolute atomic E-state index is 8.72. The number of hydrogen-bond acceptors (Lipinski definition) is 3. The van der Waals surface area contributed by atoms with Gasteiger partial charge in [-0.2, -0.15) is 0 Å². The molecule has 0 radical (unpaired) electrons. The third kappa shape index (κ3) is 3.74. The molecule has 3 nitrogen and oxygen atoms in total. The first-order valence-corrected chi connectivity index (χ1v) is 6.21. The van der Waals surface area contributed by atoms with Crippen molar-refractivity contribution in [3.8, 4) is 0 Å². The lowest BCUT2D eigenvalue weighted by Crippen LogP contribution is -2.44. The molecule has 0 spiro atoms. The van der Waals surface area contributed by atoms with Crippen molar-refractivity contribution in [2.45, 2.75) is 51.0 Å². The van der Waals surface area contributed by atoms with Gasteiger partial charge in [-0.15, -0.1) is 0 Å². The van der Waals surface area contributed by atoms with Gasteiger partial charge in [-0.3, -0.25) is 0 Å². The summed E-state index contributed by atoms with van der Waals surface area (Å²) in [7, 11) is 0. The zero-order chi connectivity index (χ0) is 11.1. The number of rotatable bonds is 6. The predicted octanol–water partition coefficient (Wildman–Crippen LogP) is 1.68. The highest BCUT2D eigenvalue weighted by Gasteiger charge is 2.34. The Labute approximate surface area is 93.0 Å². The SMILES string of the molecule is CCC1CCC(CN)(OCCCO)CC1. The van der Waals surface area contributed by atoms with Gasteiger partial charge in [-0.25, -0.2) is 0 Å². The first-order chi connectivity index (χ1) is 7.26. The average Bonchev–Trinajstić information content (AvgIpc) is 2.30. The Kier molecular flexibility index (Phi) is 5.58. The molecule has 15 heavy (non-hydrogen) atoms. The van der Waals surface area contributed by atoms with Crippen molar-refractivity contribution in [3.05, 3.63) is 0 Å². The summed E-state index contributed by atoms with van der Waals surface area (Å²) in [6.07, 6.45) is 6.66. The van der Waals surface area contributed by atoms with Crippen LogP contribution in [0.25, 0.3) is 0 Å². The van der Waals surface area contributed by atoms with E-state index in [2.05, 4.69) is 6.92 Å². The fraction of sp³-hybridized carbons (Fsp3) is 1.00. The summed E-state index contributed by atoms with van der Waals surface area (Å²) >= 11 is 0. The van der Waals surface area contributed by atoms with E-state index in [4.69, 9.17) is 15.6 Å². The second-order valence-corrected chi connectivity index (χ2v) is 4.66. The summed E-state index contributed by atoms with van der Waals surface area (Å²) in [5.41, 5.74) is 5.74. The molecule has 0 amide bonds. The maximum Gasteiger partial charge on any atom is 0.0804 e. The van der Waals surface area contributed by atoms with E-state index in [1.165, 1.54) is 19.3 Å². The van der Waals surface area contributed by atoms with E-state index in [1.54, 1.807) is 0 Å². The zero-order valence-electron chi connectivity index (χ0n) is 9.87. The molecule has 1 saturated carbocycles. The Morgan fingerprint density at radius 1 is 1.40 bits per heavy atom. The van der Waals surface area contributed by atoms with E-state index in [1.807, 2.05) is 0 Å². The fourth-order valence-electron chi connectivity index (χ4n) is 2.37. The van der Waals surface area contributed by atoms with Crippen LogP contribution in [0.15, 0.2) is 0 Å². The van der Waals surface area contributed by atoms with Crippen LogP contribution in [0.3, 0.4) is 0 Å². The van der Waals surface area contributed by atoms with Crippen molar-refractivity contribution in [2.75, 3.05) is 19.8 Å². The van der Waals surface area contributed by atoms with Gasteiger partial charge in [0.25, 0.3) is 0 Å². The molecule has 1 fully saturated rings. The molecule has 1 aliphatic rings. The van der Waals surface area contributed by atoms with E-state index < -0.39 is 0 Å². The van der Waals surface area contributed by atoms with E-state index >= 15 is 0 Å². The molecular formula is C12H25NO2. The molecular weight excluding hydrogens is 190 g/mol. The minimum atomic E-state index is -0.0825. The van der Waals surface area contributed by atoms with Crippen molar-refractivity contribution in [1.82, 2.24) is 0 Å². The van der Waals surface area contributed by atoms with Crippen LogP contribution in [0, 0.1) is 5.92 Å². The second kappa shape index (κ2) is 6.46. The standard InChI is InChI=1S/C12H25NO2/c1-2-11-4-6-12(10-13,7-5-11)15-9-3-8-14/h11,14H,2-10,13H2,1H3. The van der Waals surface area contributed by atoms with Crippen LogP contribution >= 0.6 is 0 Å². The van der Waals surface area contributed by atoms with Crippen LogP contribution in [0.2, 0.25) is 0 Å². The summed E-state index contributed by atoms with van der Waals surface area (Å²) in [6, 6.07) is 0. The minimum absolute atomic E-state index is 0.0825. The summed E-state index contributed by atoms with van der Waals surface area (Å²) in [6.45, 7) is 3.73. The first-order valence-electron chi connectivity index (χ1n) is 6.21. The Morgan fingerprint density at radius 3 is 2.53 bits per heavy atom. The number of ether oxygens (including phenoxy) is 1. The normalized spacial score (nSPS) is 31.8. The molecule has 0 aromatic rings. The summed E-state index contributed by atoms with van der Waals surface area (Å²) in [4.78, 5) is 0.